The Bertz CT molecular complexity index is 949. The van der Waals surface area contributed by atoms with Crippen molar-refractivity contribution >= 4 is 11.7 Å². The highest BCUT2D eigenvalue weighted by atomic mass is 19.4. The standard InChI is InChI=1S/C20H19F3N4O/c1-14-24-9-11-27(14)10-3-6-19(28)26-18-8-7-16(13-25-18)15-4-2-5-17(12-15)20(21,22)23/h2,4-5,7-9,11-13H,3,6,10H2,1H3,(H,25,26,28). The molecule has 0 radical (unpaired) electrons. The van der Waals surface area contributed by atoms with Crippen LogP contribution >= 0.6 is 0 Å². The third-order valence-corrected chi connectivity index (χ3v) is 4.28. The molecule has 0 unspecified atom stereocenters. The van der Waals surface area contributed by atoms with Crippen molar-refractivity contribution in [3.05, 3.63) is 66.4 Å². The number of anilines is 1. The number of hydrogen-bond donors (Lipinski definition) is 1. The molecule has 0 aliphatic heterocycles. The molecular formula is C20H19F3N4O. The summed E-state index contributed by atoms with van der Waals surface area (Å²) in [5, 5.41) is 2.70. The molecule has 146 valence electrons. The largest absolute Gasteiger partial charge is 0.416 e. The Morgan fingerprint density at radius 2 is 1.96 bits per heavy atom. The summed E-state index contributed by atoms with van der Waals surface area (Å²) in [5.41, 5.74) is 0.242. The van der Waals surface area contributed by atoms with Crippen molar-refractivity contribution in [2.24, 2.45) is 0 Å². The molecule has 0 saturated heterocycles. The number of carbonyl (C=O) groups excluding carboxylic acids is 1. The van der Waals surface area contributed by atoms with Crippen LogP contribution in [0.1, 0.15) is 24.2 Å². The van der Waals surface area contributed by atoms with Gasteiger partial charge in [-0.25, -0.2) is 9.97 Å². The zero-order chi connectivity index (χ0) is 20.1. The summed E-state index contributed by atoms with van der Waals surface area (Å²) in [6.07, 6.45) is 1.61. The fourth-order valence-corrected chi connectivity index (χ4v) is 2.77. The summed E-state index contributed by atoms with van der Waals surface area (Å²) >= 11 is 0. The van der Waals surface area contributed by atoms with E-state index in [0.29, 0.717) is 36.3 Å². The lowest BCUT2D eigenvalue weighted by Crippen LogP contribution is -2.13. The molecule has 2 heterocycles. The van der Waals surface area contributed by atoms with Gasteiger partial charge in [0.15, 0.2) is 0 Å². The van der Waals surface area contributed by atoms with Gasteiger partial charge in [0.2, 0.25) is 5.91 Å². The molecule has 1 aromatic carbocycles. The van der Waals surface area contributed by atoms with Crippen LogP contribution in [0.5, 0.6) is 0 Å². The zero-order valence-electron chi connectivity index (χ0n) is 15.2. The Labute approximate surface area is 160 Å². The number of hydrogen-bond acceptors (Lipinski definition) is 3. The zero-order valence-corrected chi connectivity index (χ0v) is 15.2. The Kier molecular flexibility index (Phi) is 5.77. The maximum atomic E-state index is 12.8. The minimum Gasteiger partial charge on any atom is -0.335 e. The van der Waals surface area contributed by atoms with Crippen LogP contribution in [-0.2, 0) is 17.5 Å². The van der Waals surface area contributed by atoms with Crippen LogP contribution in [-0.4, -0.2) is 20.4 Å². The van der Waals surface area contributed by atoms with Gasteiger partial charge >= 0.3 is 6.18 Å². The molecule has 1 N–H and O–H groups in total. The number of rotatable bonds is 6. The smallest absolute Gasteiger partial charge is 0.335 e. The van der Waals surface area contributed by atoms with E-state index in [1.54, 1.807) is 24.4 Å². The van der Waals surface area contributed by atoms with Crippen molar-refractivity contribution in [3.8, 4) is 11.1 Å². The SMILES string of the molecule is Cc1nccn1CCCC(=O)Nc1ccc(-c2cccc(C(F)(F)F)c2)cn1. The van der Waals surface area contributed by atoms with Gasteiger partial charge in [-0.2, -0.15) is 13.2 Å². The van der Waals surface area contributed by atoms with E-state index in [0.717, 1.165) is 18.0 Å². The summed E-state index contributed by atoms with van der Waals surface area (Å²) in [4.78, 5) is 20.3. The second kappa shape index (κ2) is 8.24. The van der Waals surface area contributed by atoms with Crippen LogP contribution in [0, 0.1) is 6.92 Å². The van der Waals surface area contributed by atoms with Crippen LogP contribution in [0.25, 0.3) is 11.1 Å². The number of halogens is 3. The van der Waals surface area contributed by atoms with Gasteiger partial charge < -0.3 is 9.88 Å². The highest BCUT2D eigenvalue weighted by Crippen LogP contribution is 2.32. The predicted molar refractivity (Wildman–Crippen MR) is 99.5 cm³/mol. The topological polar surface area (TPSA) is 59.8 Å². The minimum atomic E-state index is -4.40. The Hall–Kier alpha value is -3.16. The highest BCUT2D eigenvalue weighted by molar-refractivity contribution is 5.89. The number of nitrogens with one attached hydrogen (secondary N) is 1. The van der Waals surface area contributed by atoms with Gasteiger partial charge in [0.05, 0.1) is 5.56 Å². The van der Waals surface area contributed by atoms with Crippen LogP contribution in [0.3, 0.4) is 0 Å². The first-order chi connectivity index (χ1) is 13.3. The van der Waals surface area contributed by atoms with E-state index in [1.165, 1.54) is 12.3 Å². The molecule has 0 aliphatic carbocycles. The number of amides is 1. The Morgan fingerprint density at radius 1 is 1.14 bits per heavy atom. The minimum absolute atomic E-state index is 0.169. The maximum absolute atomic E-state index is 12.8. The van der Waals surface area contributed by atoms with E-state index in [2.05, 4.69) is 15.3 Å². The molecule has 0 atom stereocenters. The summed E-state index contributed by atoms with van der Waals surface area (Å²) in [6.45, 7) is 2.59. The normalized spacial score (nSPS) is 11.4. The number of pyridine rings is 1. The predicted octanol–water partition coefficient (Wildman–Crippen LogP) is 4.69. The lowest BCUT2D eigenvalue weighted by atomic mass is 10.0. The lowest BCUT2D eigenvalue weighted by Gasteiger charge is -2.09. The molecule has 3 rings (SSSR count). The molecule has 5 nitrogen and oxygen atoms in total. The fraction of sp³-hybridized carbons (Fsp3) is 0.250. The molecule has 28 heavy (non-hydrogen) atoms. The van der Waals surface area contributed by atoms with Crippen molar-refractivity contribution in [1.82, 2.24) is 14.5 Å². The van der Waals surface area contributed by atoms with E-state index in [4.69, 9.17) is 0 Å². The van der Waals surface area contributed by atoms with Gasteiger partial charge in [-0.15, -0.1) is 0 Å². The molecular weight excluding hydrogens is 369 g/mol. The van der Waals surface area contributed by atoms with Crippen LogP contribution in [0.4, 0.5) is 19.0 Å². The number of alkyl halides is 3. The number of aryl methyl sites for hydroxylation is 2. The molecule has 0 fully saturated rings. The maximum Gasteiger partial charge on any atom is 0.416 e. The van der Waals surface area contributed by atoms with Gasteiger partial charge in [-0.1, -0.05) is 12.1 Å². The van der Waals surface area contributed by atoms with Gasteiger partial charge in [0.25, 0.3) is 0 Å². The third-order valence-electron chi connectivity index (χ3n) is 4.28. The summed E-state index contributed by atoms with van der Waals surface area (Å²) in [5.74, 6) is 1.09. The Morgan fingerprint density at radius 3 is 2.61 bits per heavy atom. The van der Waals surface area contributed by atoms with E-state index in [-0.39, 0.29) is 5.91 Å². The quantitative estimate of drug-likeness (QED) is 0.666. The molecule has 1 amide bonds. The van der Waals surface area contributed by atoms with Crippen molar-refractivity contribution in [2.45, 2.75) is 32.5 Å². The first-order valence-electron chi connectivity index (χ1n) is 8.74. The monoisotopic (exact) mass is 388 g/mol. The molecule has 0 saturated carbocycles. The van der Waals surface area contributed by atoms with E-state index in [1.807, 2.05) is 17.7 Å². The van der Waals surface area contributed by atoms with Crippen LogP contribution in [0.15, 0.2) is 55.0 Å². The lowest BCUT2D eigenvalue weighted by molar-refractivity contribution is -0.137. The second-order valence-electron chi connectivity index (χ2n) is 6.33. The van der Waals surface area contributed by atoms with Gasteiger partial charge in [-0.3, -0.25) is 4.79 Å². The number of imidazole rings is 1. The van der Waals surface area contributed by atoms with Crippen molar-refractivity contribution in [3.63, 3.8) is 0 Å². The van der Waals surface area contributed by atoms with E-state index >= 15 is 0 Å². The molecule has 0 bridgehead atoms. The summed E-state index contributed by atoms with van der Waals surface area (Å²) < 4.78 is 40.5. The van der Waals surface area contributed by atoms with Crippen molar-refractivity contribution in [2.75, 3.05) is 5.32 Å². The van der Waals surface area contributed by atoms with Crippen LogP contribution in [0.2, 0.25) is 0 Å². The average Bonchev–Trinajstić information content (AvgIpc) is 3.07. The fourth-order valence-electron chi connectivity index (χ4n) is 2.77. The van der Waals surface area contributed by atoms with Gasteiger partial charge in [0.1, 0.15) is 11.6 Å². The number of carbonyl (C=O) groups is 1. The molecule has 2 aromatic heterocycles. The molecule has 8 heteroatoms. The number of benzene rings is 1. The molecule has 3 aromatic rings. The van der Waals surface area contributed by atoms with E-state index < -0.39 is 11.7 Å². The van der Waals surface area contributed by atoms with Gasteiger partial charge in [0, 0.05) is 37.1 Å². The highest BCUT2D eigenvalue weighted by Gasteiger charge is 2.30. The second-order valence-corrected chi connectivity index (χ2v) is 6.33. The van der Waals surface area contributed by atoms with E-state index in [9.17, 15) is 18.0 Å². The first-order valence-corrected chi connectivity index (χ1v) is 8.74. The molecule has 0 aliphatic rings. The third kappa shape index (κ3) is 4.97. The van der Waals surface area contributed by atoms with Crippen LogP contribution < -0.4 is 5.32 Å². The Balaban J connectivity index is 1.57. The number of nitrogens with zero attached hydrogens (tertiary/aromatic N) is 3. The van der Waals surface area contributed by atoms with Crippen molar-refractivity contribution in [1.29, 1.82) is 0 Å². The van der Waals surface area contributed by atoms with Crippen molar-refractivity contribution < 1.29 is 18.0 Å². The van der Waals surface area contributed by atoms with Gasteiger partial charge in [-0.05, 0) is 43.2 Å². The molecule has 0 spiro atoms. The summed E-state index contributed by atoms with van der Waals surface area (Å²) in [7, 11) is 0. The average molecular weight is 388 g/mol. The number of aromatic nitrogens is 3. The first kappa shape index (κ1) is 19.6. The summed E-state index contributed by atoms with van der Waals surface area (Å²) in [6, 6.07) is 8.25.